The Morgan fingerprint density at radius 1 is 1.28 bits per heavy atom. The molecule has 10 heteroatoms. The SMILES string of the molecule is COc1ccc(N[C@H](C)C(=O)NC(=O)NC2CC2)cc1NS(C)(=O)=O. The van der Waals surface area contributed by atoms with Gasteiger partial charge in [0.1, 0.15) is 11.8 Å². The Hall–Kier alpha value is -2.49. The Bertz CT molecular complexity index is 761. The van der Waals surface area contributed by atoms with Gasteiger partial charge in [0.25, 0.3) is 0 Å². The lowest BCUT2D eigenvalue weighted by Crippen LogP contribution is -2.46. The third-order valence-electron chi connectivity index (χ3n) is 3.42. The van der Waals surface area contributed by atoms with Gasteiger partial charge in [-0.3, -0.25) is 14.8 Å². The van der Waals surface area contributed by atoms with Crippen molar-refractivity contribution in [2.24, 2.45) is 0 Å². The average molecular weight is 370 g/mol. The van der Waals surface area contributed by atoms with E-state index in [1.807, 2.05) is 0 Å². The topological polar surface area (TPSA) is 126 Å². The van der Waals surface area contributed by atoms with Gasteiger partial charge in [-0.15, -0.1) is 0 Å². The third kappa shape index (κ3) is 6.14. The van der Waals surface area contributed by atoms with Crippen molar-refractivity contribution < 1.29 is 22.7 Å². The molecular weight excluding hydrogens is 348 g/mol. The molecule has 1 aliphatic carbocycles. The molecule has 9 nitrogen and oxygen atoms in total. The summed E-state index contributed by atoms with van der Waals surface area (Å²) in [7, 11) is -2.06. The maximum absolute atomic E-state index is 12.0. The van der Waals surface area contributed by atoms with E-state index in [2.05, 4.69) is 20.7 Å². The minimum atomic E-state index is -3.48. The summed E-state index contributed by atoms with van der Waals surface area (Å²) in [5, 5.41) is 7.83. The number of urea groups is 1. The Morgan fingerprint density at radius 3 is 2.52 bits per heavy atom. The van der Waals surface area contributed by atoms with Crippen LogP contribution in [-0.2, 0) is 14.8 Å². The summed E-state index contributed by atoms with van der Waals surface area (Å²) in [6.45, 7) is 1.59. The minimum absolute atomic E-state index is 0.155. The van der Waals surface area contributed by atoms with Gasteiger partial charge < -0.3 is 15.4 Å². The quantitative estimate of drug-likeness (QED) is 0.564. The monoisotopic (exact) mass is 370 g/mol. The van der Waals surface area contributed by atoms with E-state index in [0.29, 0.717) is 11.4 Å². The molecule has 0 aromatic heterocycles. The number of hydrogen-bond donors (Lipinski definition) is 4. The van der Waals surface area contributed by atoms with Crippen LogP contribution in [0.25, 0.3) is 0 Å². The number of ether oxygens (including phenoxy) is 1. The van der Waals surface area contributed by atoms with Crippen LogP contribution in [0, 0.1) is 0 Å². The van der Waals surface area contributed by atoms with Crippen LogP contribution in [0.4, 0.5) is 16.2 Å². The number of anilines is 2. The summed E-state index contributed by atoms with van der Waals surface area (Å²) in [4.78, 5) is 23.6. The fourth-order valence-corrected chi connectivity index (χ4v) is 2.62. The van der Waals surface area contributed by atoms with Crippen molar-refractivity contribution in [2.45, 2.75) is 31.8 Å². The molecule has 1 aliphatic rings. The van der Waals surface area contributed by atoms with Gasteiger partial charge in [-0.05, 0) is 38.0 Å². The first-order valence-corrected chi connectivity index (χ1v) is 9.61. The summed E-state index contributed by atoms with van der Waals surface area (Å²) < 4.78 is 30.3. The highest BCUT2D eigenvalue weighted by Gasteiger charge is 2.25. The van der Waals surface area contributed by atoms with Gasteiger partial charge in [-0.1, -0.05) is 0 Å². The molecule has 138 valence electrons. The van der Waals surface area contributed by atoms with Gasteiger partial charge in [0.05, 0.1) is 19.1 Å². The van der Waals surface area contributed by atoms with Gasteiger partial charge in [0.2, 0.25) is 15.9 Å². The second kappa shape index (κ2) is 7.60. The van der Waals surface area contributed by atoms with Crippen LogP contribution in [0.2, 0.25) is 0 Å². The molecule has 0 bridgehead atoms. The molecule has 1 fully saturated rings. The second-order valence-corrected chi connectivity index (χ2v) is 7.64. The number of carbonyl (C=O) groups is 2. The van der Waals surface area contributed by atoms with Crippen LogP contribution in [0.3, 0.4) is 0 Å². The summed E-state index contributed by atoms with van der Waals surface area (Å²) >= 11 is 0. The molecule has 0 heterocycles. The van der Waals surface area contributed by atoms with E-state index in [-0.39, 0.29) is 11.7 Å². The summed E-state index contributed by atoms with van der Waals surface area (Å²) in [5.41, 5.74) is 0.742. The van der Waals surface area contributed by atoms with Crippen molar-refractivity contribution in [3.8, 4) is 5.75 Å². The fraction of sp³-hybridized carbons (Fsp3) is 0.467. The van der Waals surface area contributed by atoms with Crippen LogP contribution in [0.15, 0.2) is 18.2 Å². The third-order valence-corrected chi connectivity index (χ3v) is 4.01. The van der Waals surface area contributed by atoms with Gasteiger partial charge in [-0.2, -0.15) is 0 Å². The lowest BCUT2D eigenvalue weighted by Gasteiger charge is -2.17. The lowest BCUT2D eigenvalue weighted by atomic mass is 10.2. The first kappa shape index (κ1) is 18.8. The number of benzene rings is 1. The molecule has 0 unspecified atom stereocenters. The molecule has 2 rings (SSSR count). The van der Waals surface area contributed by atoms with Gasteiger partial charge in [0.15, 0.2) is 0 Å². The number of methoxy groups -OCH3 is 1. The van der Waals surface area contributed by atoms with Crippen LogP contribution in [-0.4, -0.2) is 45.8 Å². The highest BCUT2D eigenvalue weighted by Crippen LogP contribution is 2.28. The van der Waals surface area contributed by atoms with E-state index < -0.39 is 28.0 Å². The molecular formula is C15H22N4O5S. The van der Waals surface area contributed by atoms with Crippen molar-refractivity contribution >= 4 is 33.3 Å². The molecule has 1 aromatic rings. The lowest BCUT2D eigenvalue weighted by molar-refractivity contribution is -0.120. The predicted octanol–water partition coefficient (Wildman–Crippen LogP) is 0.855. The van der Waals surface area contributed by atoms with Gasteiger partial charge >= 0.3 is 6.03 Å². The van der Waals surface area contributed by atoms with Crippen molar-refractivity contribution in [3.63, 3.8) is 0 Å². The van der Waals surface area contributed by atoms with Crippen molar-refractivity contribution in [2.75, 3.05) is 23.4 Å². The molecule has 1 aromatic carbocycles. The van der Waals surface area contributed by atoms with Crippen molar-refractivity contribution in [1.82, 2.24) is 10.6 Å². The minimum Gasteiger partial charge on any atom is -0.495 e. The Balaban J connectivity index is 2.01. The molecule has 1 atom stereocenters. The molecule has 0 radical (unpaired) electrons. The Labute approximate surface area is 146 Å². The van der Waals surface area contributed by atoms with E-state index in [4.69, 9.17) is 4.74 Å². The number of hydrogen-bond acceptors (Lipinski definition) is 6. The maximum Gasteiger partial charge on any atom is 0.321 e. The van der Waals surface area contributed by atoms with E-state index in [1.54, 1.807) is 19.1 Å². The van der Waals surface area contributed by atoms with Crippen LogP contribution < -0.4 is 25.4 Å². The Morgan fingerprint density at radius 2 is 1.96 bits per heavy atom. The first-order chi connectivity index (χ1) is 11.7. The molecule has 4 N–H and O–H groups in total. The van der Waals surface area contributed by atoms with Gasteiger partial charge in [0, 0.05) is 11.7 Å². The number of imide groups is 1. The molecule has 0 saturated heterocycles. The number of nitrogens with one attached hydrogen (secondary N) is 4. The van der Waals surface area contributed by atoms with Crippen LogP contribution in [0.1, 0.15) is 19.8 Å². The zero-order valence-electron chi connectivity index (χ0n) is 14.3. The zero-order valence-corrected chi connectivity index (χ0v) is 15.1. The molecule has 3 amide bonds. The summed E-state index contributed by atoms with van der Waals surface area (Å²) in [5.74, 6) is -0.150. The number of sulfonamides is 1. The maximum atomic E-state index is 12.0. The van der Waals surface area contributed by atoms with E-state index >= 15 is 0 Å². The molecule has 0 spiro atoms. The van der Waals surface area contributed by atoms with Crippen molar-refractivity contribution in [3.05, 3.63) is 18.2 Å². The van der Waals surface area contributed by atoms with Crippen LogP contribution in [0.5, 0.6) is 5.75 Å². The Kier molecular flexibility index (Phi) is 5.73. The van der Waals surface area contributed by atoms with E-state index in [1.165, 1.54) is 13.2 Å². The first-order valence-electron chi connectivity index (χ1n) is 7.71. The smallest absolute Gasteiger partial charge is 0.321 e. The largest absolute Gasteiger partial charge is 0.495 e. The number of carbonyl (C=O) groups excluding carboxylic acids is 2. The predicted molar refractivity (Wildman–Crippen MR) is 94.2 cm³/mol. The standard InChI is InChI=1S/C15H22N4O5S/c1-9(14(20)18-15(21)17-10-4-5-10)16-11-6-7-13(24-2)12(8-11)19-25(3,22)23/h6-10,16,19H,4-5H2,1-3H3,(H2,17,18,20,21)/t9-/m1/s1. The molecule has 25 heavy (non-hydrogen) atoms. The highest BCUT2D eigenvalue weighted by molar-refractivity contribution is 7.92. The van der Waals surface area contributed by atoms with Crippen molar-refractivity contribution in [1.29, 1.82) is 0 Å². The normalized spacial score (nSPS) is 15.0. The average Bonchev–Trinajstić information content (AvgIpc) is 3.29. The second-order valence-electron chi connectivity index (χ2n) is 5.89. The van der Waals surface area contributed by atoms with E-state index in [0.717, 1.165) is 19.1 Å². The molecule has 0 aliphatic heterocycles. The van der Waals surface area contributed by atoms with Gasteiger partial charge in [-0.25, -0.2) is 13.2 Å². The summed E-state index contributed by atoms with van der Waals surface area (Å²) in [6.07, 6.45) is 2.88. The highest BCUT2D eigenvalue weighted by atomic mass is 32.2. The van der Waals surface area contributed by atoms with Crippen LogP contribution >= 0.6 is 0 Å². The summed E-state index contributed by atoms with van der Waals surface area (Å²) in [6, 6.07) is 3.65. The fourth-order valence-electron chi connectivity index (χ4n) is 2.06. The zero-order chi connectivity index (χ0) is 18.6. The number of rotatable bonds is 7. The number of amides is 3. The molecule has 1 saturated carbocycles. The van der Waals surface area contributed by atoms with E-state index in [9.17, 15) is 18.0 Å².